The van der Waals surface area contributed by atoms with Crippen molar-refractivity contribution in [3.63, 3.8) is 0 Å². The Hall–Kier alpha value is -3.06. The van der Waals surface area contributed by atoms with Gasteiger partial charge in [0.2, 0.25) is 5.95 Å². The van der Waals surface area contributed by atoms with Gasteiger partial charge >= 0.3 is 0 Å². The number of benzene rings is 1. The van der Waals surface area contributed by atoms with E-state index < -0.39 is 0 Å². The Balaban J connectivity index is 1.41. The number of fused-ring (bicyclic) bond motifs is 2. The number of anilines is 1. The first-order chi connectivity index (χ1) is 13.2. The first-order valence-corrected chi connectivity index (χ1v) is 9.16. The molecule has 7 nitrogen and oxygen atoms in total. The van der Waals surface area contributed by atoms with Gasteiger partial charge in [0.25, 0.3) is 0 Å². The van der Waals surface area contributed by atoms with Gasteiger partial charge in [0.05, 0.1) is 22.7 Å². The maximum Gasteiger partial charge on any atom is 0.241 e. The van der Waals surface area contributed by atoms with Gasteiger partial charge < -0.3 is 10.2 Å². The summed E-state index contributed by atoms with van der Waals surface area (Å²) in [5.74, 6) is 0.677. The molecule has 7 heteroatoms. The second kappa shape index (κ2) is 6.28. The first-order valence-electron chi connectivity index (χ1n) is 9.16. The summed E-state index contributed by atoms with van der Waals surface area (Å²) in [6.45, 7) is 0. The van der Waals surface area contributed by atoms with Crippen LogP contribution in [0.1, 0.15) is 12.8 Å². The molecule has 0 spiro atoms. The summed E-state index contributed by atoms with van der Waals surface area (Å²) < 4.78 is 1.88. The van der Waals surface area contributed by atoms with Crippen molar-refractivity contribution < 1.29 is 0 Å². The highest BCUT2D eigenvalue weighted by atomic mass is 15.3. The van der Waals surface area contributed by atoms with Gasteiger partial charge in [-0.25, -0.2) is 9.50 Å². The number of rotatable bonds is 4. The summed E-state index contributed by atoms with van der Waals surface area (Å²) in [7, 11) is 4.26. The first kappa shape index (κ1) is 16.1. The molecule has 136 valence electrons. The maximum atomic E-state index is 4.63. The molecule has 1 fully saturated rings. The molecule has 5 rings (SSSR count). The van der Waals surface area contributed by atoms with Crippen molar-refractivity contribution in [2.75, 3.05) is 19.4 Å². The van der Waals surface area contributed by atoms with Gasteiger partial charge in [-0.3, -0.25) is 9.97 Å². The molecule has 3 aromatic heterocycles. The highest BCUT2D eigenvalue weighted by Gasteiger charge is 2.30. The van der Waals surface area contributed by atoms with Crippen LogP contribution in [0, 0.1) is 0 Å². The SMILES string of the molecule is CN(C)C1CC(Nc2ncc3c(-c4ccc5nccnc5c4)ccn3n2)C1. The van der Waals surface area contributed by atoms with E-state index in [9.17, 15) is 0 Å². The molecular weight excluding hydrogens is 338 g/mol. The molecule has 1 aliphatic carbocycles. The predicted molar refractivity (Wildman–Crippen MR) is 106 cm³/mol. The zero-order chi connectivity index (χ0) is 18.4. The monoisotopic (exact) mass is 359 g/mol. The van der Waals surface area contributed by atoms with Crippen molar-refractivity contribution >= 4 is 22.5 Å². The molecule has 0 atom stereocenters. The highest BCUT2D eigenvalue weighted by molar-refractivity contribution is 5.86. The minimum absolute atomic E-state index is 0.448. The lowest BCUT2D eigenvalue weighted by Crippen LogP contribution is -2.47. The van der Waals surface area contributed by atoms with E-state index in [0.717, 1.165) is 40.5 Å². The van der Waals surface area contributed by atoms with Crippen molar-refractivity contribution in [2.45, 2.75) is 24.9 Å². The fourth-order valence-electron chi connectivity index (χ4n) is 3.65. The predicted octanol–water partition coefficient (Wildman–Crippen LogP) is 2.84. The Morgan fingerprint density at radius 3 is 2.67 bits per heavy atom. The molecule has 0 unspecified atom stereocenters. The molecule has 3 heterocycles. The van der Waals surface area contributed by atoms with Gasteiger partial charge in [-0.1, -0.05) is 6.07 Å². The third-order valence-corrected chi connectivity index (χ3v) is 5.37. The van der Waals surface area contributed by atoms with Crippen LogP contribution >= 0.6 is 0 Å². The number of nitrogens with one attached hydrogen (secondary N) is 1. The molecular formula is C20H21N7. The van der Waals surface area contributed by atoms with Crippen LogP contribution in [0.25, 0.3) is 27.7 Å². The van der Waals surface area contributed by atoms with Gasteiger partial charge in [-0.15, -0.1) is 5.10 Å². The largest absolute Gasteiger partial charge is 0.350 e. The van der Waals surface area contributed by atoms with Crippen molar-refractivity contribution in [2.24, 2.45) is 0 Å². The Kier molecular flexibility index (Phi) is 3.75. The number of hydrogen-bond donors (Lipinski definition) is 1. The summed E-state index contributed by atoms with van der Waals surface area (Å²) >= 11 is 0. The Morgan fingerprint density at radius 1 is 1.04 bits per heavy atom. The minimum Gasteiger partial charge on any atom is -0.350 e. The molecule has 1 saturated carbocycles. The van der Waals surface area contributed by atoms with Crippen LogP contribution in [-0.2, 0) is 0 Å². The number of aromatic nitrogens is 5. The number of hydrogen-bond acceptors (Lipinski definition) is 6. The normalized spacial score (nSPS) is 19.5. The molecule has 4 aromatic rings. The van der Waals surface area contributed by atoms with E-state index in [1.54, 1.807) is 12.4 Å². The zero-order valence-corrected chi connectivity index (χ0v) is 15.4. The summed E-state index contributed by atoms with van der Waals surface area (Å²) in [5.41, 5.74) is 4.93. The van der Waals surface area contributed by atoms with Gasteiger partial charge in [0.15, 0.2) is 0 Å². The number of nitrogens with zero attached hydrogens (tertiary/aromatic N) is 6. The molecule has 0 saturated heterocycles. The summed E-state index contributed by atoms with van der Waals surface area (Å²) in [4.78, 5) is 15.5. The smallest absolute Gasteiger partial charge is 0.241 e. The third kappa shape index (κ3) is 2.90. The quantitative estimate of drug-likeness (QED) is 0.604. The minimum atomic E-state index is 0.448. The molecule has 1 aromatic carbocycles. The molecule has 0 amide bonds. The van der Waals surface area contributed by atoms with E-state index >= 15 is 0 Å². The van der Waals surface area contributed by atoms with Crippen LogP contribution in [-0.4, -0.2) is 55.6 Å². The highest BCUT2D eigenvalue weighted by Crippen LogP contribution is 2.29. The van der Waals surface area contributed by atoms with Crippen LogP contribution in [0.4, 0.5) is 5.95 Å². The maximum absolute atomic E-state index is 4.63. The lowest BCUT2D eigenvalue weighted by Gasteiger charge is -2.39. The zero-order valence-electron chi connectivity index (χ0n) is 15.4. The fraction of sp³-hybridized carbons (Fsp3) is 0.300. The molecule has 1 aliphatic rings. The standard InChI is InChI=1S/C20H21N7/c1-26(2)15-10-14(11-15)24-20-23-12-19-16(5-8-27(19)25-20)13-3-4-17-18(9-13)22-7-6-21-17/h3-9,12,14-15H,10-11H2,1-2H3,(H,24,25). The van der Waals surface area contributed by atoms with Crippen molar-refractivity contribution in [1.29, 1.82) is 0 Å². The van der Waals surface area contributed by atoms with Gasteiger partial charge in [-0.05, 0) is 50.7 Å². The summed E-state index contributed by atoms with van der Waals surface area (Å²) in [6.07, 6.45) is 9.54. The van der Waals surface area contributed by atoms with Crippen molar-refractivity contribution in [3.8, 4) is 11.1 Å². The average Bonchev–Trinajstić information content (AvgIpc) is 3.07. The van der Waals surface area contributed by atoms with Crippen LogP contribution in [0.15, 0.2) is 49.1 Å². The van der Waals surface area contributed by atoms with Gasteiger partial charge in [0, 0.05) is 36.2 Å². The average molecular weight is 359 g/mol. The van der Waals surface area contributed by atoms with Crippen LogP contribution in [0.3, 0.4) is 0 Å². The second-order valence-corrected chi connectivity index (χ2v) is 7.33. The molecule has 27 heavy (non-hydrogen) atoms. The lowest BCUT2D eigenvalue weighted by atomic mass is 9.86. The third-order valence-electron chi connectivity index (χ3n) is 5.37. The Bertz CT molecular complexity index is 1110. The second-order valence-electron chi connectivity index (χ2n) is 7.33. The van der Waals surface area contributed by atoms with Crippen LogP contribution in [0.2, 0.25) is 0 Å². The van der Waals surface area contributed by atoms with E-state index in [1.807, 2.05) is 23.0 Å². The van der Waals surface area contributed by atoms with Crippen molar-refractivity contribution in [3.05, 3.63) is 49.1 Å². The fourth-order valence-corrected chi connectivity index (χ4v) is 3.65. The Morgan fingerprint density at radius 2 is 1.85 bits per heavy atom. The van der Waals surface area contributed by atoms with Crippen LogP contribution < -0.4 is 5.32 Å². The summed E-state index contributed by atoms with van der Waals surface area (Å²) in [6, 6.07) is 9.28. The van der Waals surface area contributed by atoms with E-state index in [2.05, 4.69) is 62.6 Å². The topological polar surface area (TPSA) is 71.2 Å². The van der Waals surface area contributed by atoms with Crippen LogP contribution in [0.5, 0.6) is 0 Å². The molecule has 0 bridgehead atoms. The van der Waals surface area contributed by atoms with E-state index in [-0.39, 0.29) is 0 Å². The molecule has 0 aliphatic heterocycles. The van der Waals surface area contributed by atoms with Gasteiger partial charge in [0.1, 0.15) is 0 Å². The van der Waals surface area contributed by atoms with E-state index in [0.29, 0.717) is 18.0 Å². The van der Waals surface area contributed by atoms with Crippen molar-refractivity contribution in [1.82, 2.24) is 29.5 Å². The van der Waals surface area contributed by atoms with E-state index in [1.165, 1.54) is 0 Å². The van der Waals surface area contributed by atoms with E-state index in [4.69, 9.17) is 0 Å². The Labute approximate surface area is 157 Å². The molecule has 0 radical (unpaired) electrons. The van der Waals surface area contributed by atoms with Gasteiger partial charge in [-0.2, -0.15) is 0 Å². The lowest BCUT2D eigenvalue weighted by molar-refractivity contribution is 0.177. The molecule has 1 N–H and O–H groups in total. The summed E-state index contributed by atoms with van der Waals surface area (Å²) in [5, 5.41) is 8.07.